The van der Waals surface area contributed by atoms with Crippen LogP contribution in [0.4, 0.5) is 4.39 Å². The largest absolute Gasteiger partial charge is 0.378 e. The molecule has 0 bridgehead atoms. The molecule has 27 heavy (non-hydrogen) atoms. The Morgan fingerprint density at radius 1 is 0.889 bits per heavy atom. The summed E-state index contributed by atoms with van der Waals surface area (Å²) < 4.78 is 42.9. The highest BCUT2D eigenvalue weighted by Gasteiger charge is 2.21. The molecule has 0 aromatic heterocycles. The van der Waals surface area contributed by atoms with E-state index >= 15 is 0 Å². The van der Waals surface area contributed by atoms with Gasteiger partial charge in [0.15, 0.2) is 5.75 Å². The SMILES string of the molecule is O=C(NCc1ccccc1)c1ccccc1OS(=O)(=O)c1ccc(F)cc1. The van der Waals surface area contributed by atoms with E-state index in [1.807, 2.05) is 30.3 Å². The van der Waals surface area contributed by atoms with Crippen molar-refractivity contribution in [3.05, 3.63) is 95.8 Å². The van der Waals surface area contributed by atoms with Crippen LogP contribution in [0.3, 0.4) is 0 Å². The lowest BCUT2D eigenvalue weighted by Crippen LogP contribution is -2.24. The molecule has 1 amide bonds. The number of hydrogen-bond acceptors (Lipinski definition) is 4. The van der Waals surface area contributed by atoms with Crippen molar-refractivity contribution in [1.29, 1.82) is 0 Å². The van der Waals surface area contributed by atoms with Gasteiger partial charge in [-0.25, -0.2) is 4.39 Å². The topological polar surface area (TPSA) is 72.5 Å². The van der Waals surface area contributed by atoms with Crippen molar-refractivity contribution in [2.45, 2.75) is 11.4 Å². The number of rotatable bonds is 6. The quantitative estimate of drug-likeness (QED) is 0.659. The average Bonchev–Trinajstić information content (AvgIpc) is 2.67. The van der Waals surface area contributed by atoms with Crippen molar-refractivity contribution in [3.63, 3.8) is 0 Å². The smallest absolute Gasteiger partial charge is 0.339 e. The maximum atomic E-state index is 13.0. The van der Waals surface area contributed by atoms with Crippen molar-refractivity contribution < 1.29 is 21.8 Å². The number of para-hydroxylation sites is 1. The number of benzene rings is 3. The molecule has 0 fully saturated rings. The number of carbonyl (C=O) groups is 1. The fourth-order valence-corrected chi connectivity index (χ4v) is 3.32. The summed E-state index contributed by atoms with van der Waals surface area (Å²) in [5.41, 5.74) is 0.988. The van der Waals surface area contributed by atoms with Gasteiger partial charge in [0.1, 0.15) is 10.7 Å². The second-order valence-corrected chi connectivity index (χ2v) is 7.20. The van der Waals surface area contributed by atoms with Crippen LogP contribution < -0.4 is 9.50 Å². The molecule has 0 saturated heterocycles. The summed E-state index contributed by atoms with van der Waals surface area (Å²) in [6.07, 6.45) is 0. The molecule has 0 unspecified atom stereocenters. The molecule has 0 saturated carbocycles. The van der Waals surface area contributed by atoms with Gasteiger partial charge in [-0.15, -0.1) is 0 Å². The van der Waals surface area contributed by atoms with Crippen LogP contribution in [0.5, 0.6) is 5.75 Å². The van der Waals surface area contributed by atoms with Crippen LogP contribution >= 0.6 is 0 Å². The lowest BCUT2D eigenvalue weighted by molar-refractivity contribution is 0.0949. The van der Waals surface area contributed by atoms with Crippen LogP contribution in [0.2, 0.25) is 0 Å². The normalized spacial score (nSPS) is 11.0. The summed E-state index contributed by atoms with van der Waals surface area (Å²) in [6.45, 7) is 0.290. The molecule has 1 N–H and O–H groups in total. The van der Waals surface area contributed by atoms with Gasteiger partial charge in [-0.05, 0) is 42.0 Å². The molecule has 0 spiro atoms. The van der Waals surface area contributed by atoms with Crippen LogP contribution in [-0.4, -0.2) is 14.3 Å². The van der Waals surface area contributed by atoms with E-state index in [9.17, 15) is 17.6 Å². The van der Waals surface area contributed by atoms with Crippen molar-refractivity contribution >= 4 is 16.0 Å². The predicted molar refractivity (Wildman–Crippen MR) is 98.3 cm³/mol. The minimum Gasteiger partial charge on any atom is -0.378 e. The zero-order valence-electron chi connectivity index (χ0n) is 14.1. The minimum atomic E-state index is -4.20. The Bertz CT molecular complexity index is 1040. The number of hydrogen-bond donors (Lipinski definition) is 1. The summed E-state index contributed by atoms with van der Waals surface area (Å²) >= 11 is 0. The third-order valence-corrected chi connectivity index (χ3v) is 4.98. The van der Waals surface area contributed by atoms with E-state index in [0.717, 1.165) is 29.8 Å². The van der Waals surface area contributed by atoms with Gasteiger partial charge < -0.3 is 9.50 Å². The van der Waals surface area contributed by atoms with Crippen LogP contribution in [0, 0.1) is 5.82 Å². The van der Waals surface area contributed by atoms with Gasteiger partial charge in [-0.3, -0.25) is 4.79 Å². The molecule has 0 aliphatic carbocycles. The molecule has 138 valence electrons. The molecule has 0 aliphatic heterocycles. The van der Waals surface area contributed by atoms with Gasteiger partial charge in [-0.2, -0.15) is 8.42 Å². The molecule has 0 aliphatic rings. The van der Waals surface area contributed by atoms with Gasteiger partial charge in [0.2, 0.25) is 0 Å². The predicted octanol–water partition coefficient (Wildman–Crippen LogP) is 3.52. The summed E-state index contributed by atoms with van der Waals surface area (Å²) in [7, 11) is -4.20. The van der Waals surface area contributed by atoms with E-state index in [1.54, 1.807) is 12.1 Å². The first kappa shape index (κ1) is 18.6. The summed E-state index contributed by atoms with van der Waals surface area (Å²) in [5, 5.41) is 2.73. The third-order valence-electron chi connectivity index (χ3n) is 3.73. The van der Waals surface area contributed by atoms with E-state index in [2.05, 4.69) is 5.32 Å². The third kappa shape index (κ3) is 4.71. The maximum Gasteiger partial charge on any atom is 0.339 e. The molecule has 3 aromatic rings. The van der Waals surface area contributed by atoms with E-state index in [1.165, 1.54) is 12.1 Å². The molecule has 0 radical (unpaired) electrons. The van der Waals surface area contributed by atoms with E-state index in [-0.39, 0.29) is 16.2 Å². The Hall–Kier alpha value is -3.19. The highest BCUT2D eigenvalue weighted by atomic mass is 32.2. The second kappa shape index (κ2) is 8.01. The Labute approximate surface area is 156 Å². The Morgan fingerprint density at radius 3 is 2.22 bits per heavy atom. The standard InChI is InChI=1S/C20H16FNO4S/c21-16-10-12-17(13-11-16)27(24,25)26-19-9-5-4-8-18(19)20(23)22-14-15-6-2-1-3-7-15/h1-13H,14H2,(H,22,23). The van der Waals surface area contributed by atoms with Crippen LogP contribution in [0.15, 0.2) is 83.8 Å². The molecule has 0 atom stereocenters. The van der Waals surface area contributed by atoms with Gasteiger partial charge in [0.05, 0.1) is 5.56 Å². The molecular formula is C20H16FNO4S. The lowest BCUT2D eigenvalue weighted by atomic mass is 10.1. The number of amides is 1. The first-order chi connectivity index (χ1) is 13.0. The van der Waals surface area contributed by atoms with Crippen LogP contribution in [-0.2, 0) is 16.7 Å². The molecule has 5 nitrogen and oxygen atoms in total. The summed E-state index contributed by atoms with van der Waals surface area (Å²) in [5.74, 6) is -1.13. The number of carbonyl (C=O) groups excluding carboxylic acids is 1. The summed E-state index contributed by atoms with van der Waals surface area (Å²) in [4.78, 5) is 12.3. The molecular weight excluding hydrogens is 369 g/mol. The van der Waals surface area contributed by atoms with E-state index in [0.29, 0.717) is 6.54 Å². The Balaban J connectivity index is 1.79. The zero-order chi connectivity index (χ0) is 19.3. The van der Waals surface area contributed by atoms with Crippen molar-refractivity contribution in [2.75, 3.05) is 0 Å². The number of nitrogens with one attached hydrogen (secondary N) is 1. The lowest BCUT2D eigenvalue weighted by Gasteiger charge is -2.12. The minimum absolute atomic E-state index is 0.0825. The van der Waals surface area contributed by atoms with E-state index < -0.39 is 21.8 Å². The van der Waals surface area contributed by atoms with E-state index in [4.69, 9.17) is 4.18 Å². The highest BCUT2D eigenvalue weighted by Crippen LogP contribution is 2.23. The maximum absolute atomic E-state index is 13.0. The van der Waals surface area contributed by atoms with Gasteiger partial charge in [0.25, 0.3) is 5.91 Å². The molecule has 0 heterocycles. The monoisotopic (exact) mass is 385 g/mol. The molecule has 3 aromatic carbocycles. The first-order valence-corrected chi connectivity index (χ1v) is 9.48. The van der Waals surface area contributed by atoms with Gasteiger partial charge >= 0.3 is 10.1 Å². The number of halogens is 1. The van der Waals surface area contributed by atoms with Crippen molar-refractivity contribution in [3.8, 4) is 5.75 Å². The molecule has 3 rings (SSSR count). The fourth-order valence-electron chi connectivity index (χ4n) is 2.37. The van der Waals surface area contributed by atoms with Crippen molar-refractivity contribution in [1.82, 2.24) is 5.32 Å². The highest BCUT2D eigenvalue weighted by molar-refractivity contribution is 7.87. The van der Waals surface area contributed by atoms with Crippen molar-refractivity contribution in [2.24, 2.45) is 0 Å². The zero-order valence-corrected chi connectivity index (χ0v) is 14.9. The van der Waals surface area contributed by atoms with Gasteiger partial charge in [0, 0.05) is 6.54 Å². The second-order valence-electron chi connectivity index (χ2n) is 5.66. The van der Waals surface area contributed by atoms with Gasteiger partial charge in [-0.1, -0.05) is 42.5 Å². The summed E-state index contributed by atoms with van der Waals surface area (Å²) in [6, 6.07) is 19.6. The Morgan fingerprint density at radius 2 is 1.52 bits per heavy atom. The average molecular weight is 385 g/mol. The van der Waals surface area contributed by atoms with Crippen LogP contribution in [0.1, 0.15) is 15.9 Å². The first-order valence-electron chi connectivity index (χ1n) is 8.07. The van der Waals surface area contributed by atoms with Crippen LogP contribution in [0.25, 0.3) is 0 Å². The fraction of sp³-hybridized carbons (Fsp3) is 0.0500. The molecule has 7 heteroatoms. The Kier molecular flexibility index (Phi) is 5.52.